The molecule has 0 aromatic carbocycles. The van der Waals surface area contributed by atoms with E-state index in [-0.39, 0.29) is 5.41 Å². The molecule has 0 radical (unpaired) electrons. The topological polar surface area (TPSA) is 20.2 Å². The van der Waals surface area contributed by atoms with Gasteiger partial charge in [0.2, 0.25) is 0 Å². The van der Waals surface area contributed by atoms with E-state index in [1.54, 1.807) is 19.4 Å². The molecule has 0 spiro atoms. The summed E-state index contributed by atoms with van der Waals surface area (Å²) in [5.41, 5.74) is 4.92. The Morgan fingerprint density at radius 3 is 1.98 bits per heavy atom. The highest BCUT2D eigenvalue weighted by Crippen LogP contribution is 2.61. The molecule has 0 bridgehead atoms. The van der Waals surface area contributed by atoms with Gasteiger partial charge >= 0.3 is 0 Å². The van der Waals surface area contributed by atoms with Crippen LogP contribution in [0.25, 0.3) is 0 Å². The maximum Gasteiger partial charge on any atom is 0.105 e. The van der Waals surface area contributed by atoms with Gasteiger partial charge < -0.3 is 5.11 Å². The van der Waals surface area contributed by atoms with E-state index in [0.717, 1.165) is 68.3 Å². The van der Waals surface area contributed by atoms with Crippen molar-refractivity contribution in [3.8, 4) is 0 Å². The highest BCUT2D eigenvalue weighted by Gasteiger charge is 2.50. The molecule has 5 aliphatic carbocycles. The molecule has 5 aliphatic rings. The highest BCUT2D eigenvalue weighted by molar-refractivity contribution is 6.20. The first-order chi connectivity index (χ1) is 28.0. The first-order valence-corrected chi connectivity index (χ1v) is 26.2. The van der Waals surface area contributed by atoms with Crippen LogP contribution in [-0.4, -0.2) is 22.3 Å². The summed E-state index contributed by atoms with van der Waals surface area (Å²) in [6.07, 6.45) is 25.9. The minimum Gasteiger partial charge on any atom is -0.388 e. The van der Waals surface area contributed by atoms with Crippen LogP contribution in [-0.2, 0) is 0 Å². The van der Waals surface area contributed by atoms with E-state index in [2.05, 4.69) is 88.1 Å². The summed E-state index contributed by atoms with van der Waals surface area (Å²) in [5.74, 6) is 8.29. The Morgan fingerprint density at radius 2 is 1.43 bits per heavy atom. The number of rotatable bonds is 23. The summed E-state index contributed by atoms with van der Waals surface area (Å²) in [7, 11) is 0. The third-order valence-electron chi connectivity index (χ3n) is 18.4. The Balaban J connectivity index is 1.09. The quantitative estimate of drug-likeness (QED) is 0.0802. The molecule has 5 rings (SSSR count). The Kier molecular flexibility index (Phi) is 17.5. The van der Waals surface area contributed by atoms with Crippen molar-refractivity contribution in [2.75, 3.05) is 0 Å². The zero-order valence-electron chi connectivity index (χ0n) is 41.2. The second-order valence-corrected chi connectivity index (χ2v) is 25.4. The lowest BCUT2D eigenvalue weighted by Gasteiger charge is -2.39. The van der Waals surface area contributed by atoms with Gasteiger partial charge in [0.15, 0.2) is 0 Å². The maximum absolute atomic E-state index is 14.6. The van der Waals surface area contributed by atoms with Gasteiger partial charge in [0.05, 0.1) is 6.10 Å². The van der Waals surface area contributed by atoms with Crippen molar-refractivity contribution in [2.45, 2.75) is 222 Å². The summed E-state index contributed by atoms with van der Waals surface area (Å²) < 4.78 is 14.6. The van der Waals surface area contributed by atoms with E-state index in [4.69, 9.17) is 11.6 Å². The van der Waals surface area contributed by atoms with E-state index >= 15 is 0 Å². The molecule has 10 unspecified atom stereocenters. The molecule has 0 aromatic rings. The first-order valence-electron chi connectivity index (χ1n) is 25.7. The fraction of sp³-hybridized carbons (Fsp3) is 0.860. The second kappa shape index (κ2) is 21.0. The normalized spacial score (nSPS) is 31.9. The molecular formula is C57H96ClFO. The standard InChI is InChI=1S/C57H96ClFO/c1-36(2)46-19-21-47(22-20-46)44(10)43(9)41(7)39(5)32-55(11,12)33-40(6)54(60)48-17-15-45(16-18-48)29-37(3)42(8)49(30-38(4)53-31-50(53)34-56(13,14)59)35-57(27-28-57)51-23-25-52(58)26-24-51/h23,36-38,41-43,45-50,52-54,60H,5-6,10,15-22,24-35H2,1-4,7-9,11-14H3. The molecule has 0 aliphatic heterocycles. The lowest BCUT2D eigenvalue weighted by molar-refractivity contribution is 0.0838. The smallest absolute Gasteiger partial charge is 0.105 e. The van der Waals surface area contributed by atoms with Crippen LogP contribution < -0.4 is 0 Å². The molecule has 10 atom stereocenters. The summed E-state index contributed by atoms with van der Waals surface area (Å²) in [5, 5.41) is 12.0. The second-order valence-electron chi connectivity index (χ2n) is 24.8. The Labute approximate surface area is 377 Å². The van der Waals surface area contributed by atoms with Gasteiger partial charge in [-0.1, -0.05) is 118 Å². The zero-order valence-corrected chi connectivity index (χ0v) is 42.0. The number of allylic oxidation sites excluding steroid dienone is 4. The number of hydrogen-bond donors (Lipinski definition) is 1. The molecule has 60 heavy (non-hydrogen) atoms. The third-order valence-corrected chi connectivity index (χ3v) is 18.8. The molecular weight excluding hydrogens is 755 g/mol. The van der Waals surface area contributed by atoms with Gasteiger partial charge in [0, 0.05) is 5.38 Å². The van der Waals surface area contributed by atoms with Crippen molar-refractivity contribution in [1.29, 1.82) is 0 Å². The fourth-order valence-corrected chi connectivity index (χ4v) is 13.8. The van der Waals surface area contributed by atoms with Gasteiger partial charge in [-0.3, -0.25) is 0 Å². The number of aliphatic hydroxyl groups excluding tert-OH is 1. The van der Waals surface area contributed by atoms with E-state index in [1.807, 2.05) is 0 Å². The Hall–Kier alpha value is -0.860. The summed E-state index contributed by atoms with van der Waals surface area (Å²) in [6.45, 7) is 39.2. The monoisotopic (exact) mass is 851 g/mol. The van der Waals surface area contributed by atoms with Crippen LogP contribution in [0, 0.1) is 87.8 Å². The van der Waals surface area contributed by atoms with Gasteiger partial charge in [-0.2, -0.15) is 0 Å². The summed E-state index contributed by atoms with van der Waals surface area (Å²) in [6, 6.07) is 0. The van der Waals surface area contributed by atoms with Gasteiger partial charge in [-0.05, 0) is 223 Å². The van der Waals surface area contributed by atoms with Crippen LogP contribution in [0.3, 0.4) is 0 Å². The average Bonchev–Trinajstić information content (AvgIpc) is 4.13. The number of alkyl halides is 2. The van der Waals surface area contributed by atoms with Crippen LogP contribution in [0.1, 0.15) is 205 Å². The first kappa shape index (κ1) is 50.1. The number of aliphatic hydroxyl groups is 1. The van der Waals surface area contributed by atoms with Crippen molar-refractivity contribution in [3.63, 3.8) is 0 Å². The number of hydrogen-bond acceptors (Lipinski definition) is 1. The van der Waals surface area contributed by atoms with Crippen molar-refractivity contribution in [2.24, 2.45) is 87.8 Å². The third kappa shape index (κ3) is 13.8. The van der Waals surface area contributed by atoms with Crippen molar-refractivity contribution >= 4 is 11.6 Å². The zero-order chi connectivity index (χ0) is 44.3. The van der Waals surface area contributed by atoms with Crippen molar-refractivity contribution < 1.29 is 9.50 Å². The molecule has 1 N–H and O–H groups in total. The lowest BCUT2D eigenvalue weighted by Crippen LogP contribution is -2.31. The molecule has 3 heteroatoms. The maximum atomic E-state index is 14.6. The van der Waals surface area contributed by atoms with Gasteiger partial charge in [-0.25, -0.2) is 4.39 Å². The Morgan fingerprint density at radius 1 is 0.833 bits per heavy atom. The van der Waals surface area contributed by atoms with E-state index in [1.165, 1.54) is 94.6 Å². The molecule has 0 amide bonds. The molecule has 344 valence electrons. The van der Waals surface area contributed by atoms with Crippen LogP contribution >= 0.6 is 11.6 Å². The molecule has 4 saturated carbocycles. The predicted molar refractivity (Wildman–Crippen MR) is 260 cm³/mol. The Bertz CT molecular complexity index is 1440. The van der Waals surface area contributed by atoms with E-state index < -0.39 is 11.8 Å². The van der Waals surface area contributed by atoms with E-state index in [0.29, 0.717) is 70.0 Å². The minimum atomic E-state index is -1.06. The van der Waals surface area contributed by atoms with Crippen LogP contribution in [0.5, 0.6) is 0 Å². The summed E-state index contributed by atoms with van der Waals surface area (Å²) >= 11 is 6.55. The van der Waals surface area contributed by atoms with Gasteiger partial charge in [0.1, 0.15) is 5.67 Å². The van der Waals surface area contributed by atoms with Crippen LogP contribution in [0.4, 0.5) is 4.39 Å². The minimum absolute atomic E-state index is 0.0138. The lowest BCUT2D eigenvalue weighted by atomic mass is 9.67. The predicted octanol–water partition coefficient (Wildman–Crippen LogP) is 17.3. The number of halogens is 2. The van der Waals surface area contributed by atoms with E-state index in [9.17, 15) is 9.50 Å². The van der Waals surface area contributed by atoms with Crippen molar-refractivity contribution in [1.82, 2.24) is 0 Å². The molecule has 1 nitrogen and oxygen atoms in total. The van der Waals surface area contributed by atoms with Crippen LogP contribution in [0.15, 0.2) is 48.1 Å². The van der Waals surface area contributed by atoms with Gasteiger partial charge in [-0.15, -0.1) is 11.6 Å². The molecule has 0 aromatic heterocycles. The molecule has 0 saturated heterocycles. The van der Waals surface area contributed by atoms with Crippen LogP contribution in [0.2, 0.25) is 0 Å². The largest absolute Gasteiger partial charge is 0.388 e. The molecule has 4 fully saturated rings. The van der Waals surface area contributed by atoms with Crippen molar-refractivity contribution in [3.05, 3.63) is 48.1 Å². The fourth-order valence-electron chi connectivity index (χ4n) is 13.6. The van der Waals surface area contributed by atoms with Gasteiger partial charge in [0.25, 0.3) is 0 Å². The summed E-state index contributed by atoms with van der Waals surface area (Å²) in [4.78, 5) is 0. The average molecular weight is 852 g/mol. The molecule has 0 heterocycles. The SMILES string of the molecule is C=C(CC(C)(C)CC(=C)C(O)C1CCC(CC(C)C(C)C(CC(C)C2CC2CC(C)(C)F)CC2(C3=CCC(Cl)CC3)CC2)CC1)C(C)C(C)C(=C)C1CCC(C(C)C)CC1. The highest BCUT2D eigenvalue weighted by atomic mass is 35.5.